The lowest BCUT2D eigenvalue weighted by Gasteiger charge is -2.13. The number of carboxylic acids is 1. The van der Waals surface area contributed by atoms with Gasteiger partial charge in [-0.25, -0.2) is 0 Å². The molecule has 1 saturated heterocycles. The van der Waals surface area contributed by atoms with E-state index in [0.717, 1.165) is 12.1 Å². The first-order valence-corrected chi connectivity index (χ1v) is 5.92. The number of hydrogen-bond acceptors (Lipinski definition) is 3. The van der Waals surface area contributed by atoms with Crippen molar-refractivity contribution in [2.24, 2.45) is 5.73 Å². The summed E-state index contributed by atoms with van der Waals surface area (Å²) in [5.74, 6) is -0.878. The minimum absolute atomic E-state index is 0.0808. The molecule has 0 saturated carbocycles. The third-order valence-electron chi connectivity index (χ3n) is 3.10. The summed E-state index contributed by atoms with van der Waals surface area (Å²) in [6, 6.07) is 8.13. The molecule has 1 atom stereocenters. The van der Waals surface area contributed by atoms with Crippen LogP contribution in [0.3, 0.4) is 0 Å². The van der Waals surface area contributed by atoms with E-state index in [9.17, 15) is 4.79 Å². The first-order chi connectivity index (χ1) is 8.19. The Kier molecular flexibility index (Phi) is 3.76. The Balaban J connectivity index is 2.01. The summed E-state index contributed by atoms with van der Waals surface area (Å²) in [6.45, 7) is 3.74. The summed E-state index contributed by atoms with van der Waals surface area (Å²) in [7, 11) is 0. The second-order valence-electron chi connectivity index (χ2n) is 4.55. The van der Waals surface area contributed by atoms with Gasteiger partial charge in [0.1, 0.15) is 0 Å². The molecule has 4 heteroatoms. The lowest BCUT2D eigenvalue weighted by molar-refractivity contribution is -0.137. The van der Waals surface area contributed by atoms with Gasteiger partial charge in [-0.3, -0.25) is 9.69 Å². The van der Waals surface area contributed by atoms with E-state index in [1.165, 1.54) is 18.7 Å². The quantitative estimate of drug-likeness (QED) is 0.721. The van der Waals surface area contributed by atoms with Gasteiger partial charge in [0.15, 0.2) is 0 Å². The van der Waals surface area contributed by atoms with E-state index in [-0.39, 0.29) is 12.3 Å². The van der Waals surface area contributed by atoms with Crippen LogP contribution in [0.5, 0.6) is 0 Å². The van der Waals surface area contributed by atoms with Crippen LogP contribution in [0.25, 0.3) is 0 Å². The number of aliphatic carboxylic acids is 1. The van der Waals surface area contributed by atoms with E-state index in [2.05, 4.69) is 17.0 Å². The van der Waals surface area contributed by atoms with Crippen molar-refractivity contribution < 1.29 is 9.90 Å². The van der Waals surface area contributed by atoms with Crippen LogP contribution in [0.15, 0.2) is 24.3 Å². The average Bonchev–Trinajstić information content (AvgIpc) is 3.11. The van der Waals surface area contributed by atoms with Crippen molar-refractivity contribution in [2.75, 3.05) is 19.6 Å². The molecular weight excluding hydrogens is 216 g/mol. The fourth-order valence-corrected chi connectivity index (χ4v) is 1.93. The summed E-state index contributed by atoms with van der Waals surface area (Å²) in [4.78, 5) is 13.0. The summed E-state index contributed by atoms with van der Waals surface area (Å²) in [5.41, 5.74) is 7.90. The Bertz CT molecular complexity index is 385. The van der Waals surface area contributed by atoms with Crippen molar-refractivity contribution in [3.05, 3.63) is 35.4 Å². The van der Waals surface area contributed by atoms with Crippen molar-refractivity contribution in [1.82, 2.24) is 4.90 Å². The molecule has 1 fully saturated rings. The number of benzene rings is 1. The van der Waals surface area contributed by atoms with Crippen molar-refractivity contribution >= 4 is 5.97 Å². The van der Waals surface area contributed by atoms with Crippen molar-refractivity contribution in [2.45, 2.75) is 18.9 Å². The zero-order valence-electron chi connectivity index (χ0n) is 9.80. The number of carbonyl (C=O) groups is 1. The summed E-state index contributed by atoms with van der Waals surface area (Å²) in [5, 5.41) is 8.80. The Labute approximate surface area is 101 Å². The number of carboxylic acid groups (broad SMARTS) is 1. The van der Waals surface area contributed by atoms with Crippen molar-refractivity contribution in [3.8, 4) is 0 Å². The lowest BCUT2D eigenvalue weighted by Crippen LogP contribution is -2.16. The van der Waals surface area contributed by atoms with Gasteiger partial charge in [0.2, 0.25) is 0 Å². The van der Waals surface area contributed by atoms with Crippen LogP contribution in [0.4, 0.5) is 0 Å². The largest absolute Gasteiger partial charge is 0.481 e. The van der Waals surface area contributed by atoms with Crippen LogP contribution < -0.4 is 5.73 Å². The topological polar surface area (TPSA) is 66.3 Å². The minimum atomic E-state index is -0.798. The van der Waals surface area contributed by atoms with Gasteiger partial charge in [-0.1, -0.05) is 24.3 Å². The Morgan fingerprint density at radius 2 is 2.00 bits per heavy atom. The highest BCUT2D eigenvalue weighted by Crippen LogP contribution is 2.20. The Morgan fingerprint density at radius 1 is 1.35 bits per heavy atom. The van der Waals surface area contributed by atoms with E-state index >= 15 is 0 Å². The van der Waals surface area contributed by atoms with Crippen LogP contribution in [0.1, 0.15) is 23.5 Å². The van der Waals surface area contributed by atoms with Gasteiger partial charge in [-0.2, -0.15) is 0 Å². The van der Waals surface area contributed by atoms with Crippen molar-refractivity contribution in [1.29, 1.82) is 0 Å². The van der Waals surface area contributed by atoms with Crippen LogP contribution in [0.2, 0.25) is 0 Å². The molecule has 0 spiro atoms. The standard InChI is InChI=1S/C13H18N2O2/c14-8-12(7-13(16)17)11-3-1-10(2-4-11)9-15-5-6-15/h1-4,12H,5-9,14H2,(H,16,17)/t12-/m0/s1. The van der Waals surface area contributed by atoms with Gasteiger partial charge >= 0.3 is 5.97 Å². The highest BCUT2D eigenvalue weighted by Gasteiger charge is 2.17. The predicted molar refractivity (Wildman–Crippen MR) is 65.8 cm³/mol. The summed E-state index contributed by atoms with van der Waals surface area (Å²) >= 11 is 0. The summed E-state index contributed by atoms with van der Waals surface area (Å²) < 4.78 is 0. The van der Waals surface area contributed by atoms with Gasteiger partial charge in [-0.05, 0) is 17.7 Å². The molecule has 17 heavy (non-hydrogen) atoms. The normalized spacial score (nSPS) is 16.8. The highest BCUT2D eigenvalue weighted by molar-refractivity contribution is 5.68. The molecule has 1 aromatic carbocycles. The van der Waals surface area contributed by atoms with E-state index < -0.39 is 5.97 Å². The molecule has 92 valence electrons. The molecule has 4 nitrogen and oxygen atoms in total. The fourth-order valence-electron chi connectivity index (χ4n) is 1.93. The van der Waals surface area contributed by atoms with E-state index in [1.54, 1.807) is 0 Å². The molecule has 0 radical (unpaired) electrons. The maximum Gasteiger partial charge on any atom is 0.304 e. The number of rotatable bonds is 6. The molecule has 1 aromatic rings. The fraction of sp³-hybridized carbons (Fsp3) is 0.462. The second kappa shape index (κ2) is 5.29. The molecule has 3 N–H and O–H groups in total. The summed E-state index contributed by atoms with van der Waals surface area (Å²) in [6.07, 6.45) is 0.0992. The number of nitrogens with zero attached hydrogens (tertiary/aromatic N) is 1. The predicted octanol–water partition coefficient (Wildman–Crippen LogP) is 1.02. The zero-order valence-corrected chi connectivity index (χ0v) is 9.80. The zero-order chi connectivity index (χ0) is 12.3. The van der Waals surface area contributed by atoms with E-state index in [4.69, 9.17) is 10.8 Å². The Hall–Kier alpha value is -1.39. The van der Waals surface area contributed by atoms with E-state index in [0.29, 0.717) is 6.54 Å². The average molecular weight is 234 g/mol. The molecule has 2 rings (SSSR count). The molecule has 0 unspecified atom stereocenters. The lowest BCUT2D eigenvalue weighted by atomic mass is 9.95. The first kappa shape index (κ1) is 12.1. The van der Waals surface area contributed by atoms with Gasteiger partial charge < -0.3 is 10.8 Å². The Morgan fingerprint density at radius 3 is 2.47 bits per heavy atom. The molecular formula is C13H18N2O2. The van der Waals surface area contributed by atoms with Crippen LogP contribution >= 0.6 is 0 Å². The van der Waals surface area contributed by atoms with Crippen LogP contribution in [0, 0.1) is 0 Å². The smallest absolute Gasteiger partial charge is 0.304 e. The maximum atomic E-state index is 10.7. The number of hydrogen-bond donors (Lipinski definition) is 2. The maximum absolute atomic E-state index is 10.7. The molecule has 0 aromatic heterocycles. The molecule has 0 amide bonds. The minimum Gasteiger partial charge on any atom is -0.481 e. The third kappa shape index (κ3) is 3.54. The molecule has 0 bridgehead atoms. The van der Waals surface area contributed by atoms with Gasteiger partial charge in [0.05, 0.1) is 6.42 Å². The van der Waals surface area contributed by atoms with Gasteiger partial charge in [0.25, 0.3) is 0 Å². The second-order valence-corrected chi connectivity index (χ2v) is 4.55. The highest BCUT2D eigenvalue weighted by atomic mass is 16.4. The third-order valence-corrected chi connectivity index (χ3v) is 3.10. The molecule has 1 aliphatic rings. The molecule has 1 aliphatic heterocycles. The van der Waals surface area contributed by atoms with Gasteiger partial charge in [0, 0.05) is 25.6 Å². The van der Waals surface area contributed by atoms with Crippen molar-refractivity contribution in [3.63, 3.8) is 0 Å². The first-order valence-electron chi connectivity index (χ1n) is 5.92. The SMILES string of the molecule is NC[C@H](CC(=O)O)c1ccc(CN2CC2)cc1. The molecule has 0 aliphatic carbocycles. The van der Waals surface area contributed by atoms with Crippen LogP contribution in [-0.2, 0) is 11.3 Å². The number of nitrogens with two attached hydrogens (primary N) is 1. The van der Waals surface area contributed by atoms with E-state index in [1.807, 2.05) is 12.1 Å². The van der Waals surface area contributed by atoms with Crippen LogP contribution in [-0.4, -0.2) is 35.6 Å². The van der Waals surface area contributed by atoms with Gasteiger partial charge in [-0.15, -0.1) is 0 Å². The monoisotopic (exact) mass is 234 g/mol. The molecule has 1 heterocycles.